The first-order valence-corrected chi connectivity index (χ1v) is 10.8. The largest absolute Gasteiger partial charge is 0.494 e. The van der Waals surface area contributed by atoms with Crippen LogP contribution in [0.15, 0.2) is 55.4 Å². The molecule has 0 saturated heterocycles. The average molecular weight is 444 g/mol. The second-order valence-corrected chi connectivity index (χ2v) is 8.07. The monoisotopic (exact) mass is 443 g/mol. The van der Waals surface area contributed by atoms with Crippen LogP contribution in [0.4, 0.5) is 0 Å². The topological polar surface area (TPSA) is 109 Å². The Kier molecular flexibility index (Phi) is 6.41. The summed E-state index contributed by atoms with van der Waals surface area (Å²) in [7, 11) is 1.56. The van der Waals surface area contributed by atoms with Crippen LogP contribution in [0.5, 0.6) is 5.75 Å². The van der Waals surface area contributed by atoms with E-state index in [-0.39, 0.29) is 23.9 Å². The molecule has 1 aliphatic carbocycles. The van der Waals surface area contributed by atoms with Crippen LogP contribution < -0.4 is 15.4 Å². The maximum atomic E-state index is 12.7. The van der Waals surface area contributed by atoms with Crippen LogP contribution in [0.3, 0.4) is 0 Å². The Bertz CT molecular complexity index is 1230. The van der Waals surface area contributed by atoms with Crippen molar-refractivity contribution in [2.24, 2.45) is 0 Å². The van der Waals surface area contributed by atoms with Crippen molar-refractivity contribution in [2.45, 2.75) is 37.8 Å². The van der Waals surface area contributed by atoms with Crippen LogP contribution in [-0.4, -0.2) is 40.6 Å². The molecule has 2 N–H and O–H groups in total. The van der Waals surface area contributed by atoms with Crippen LogP contribution in [0.1, 0.15) is 41.6 Å². The van der Waals surface area contributed by atoms with Crippen LogP contribution in [0.2, 0.25) is 0 Å². The van der Waals surface area contributed by atoms with Crippen molar-refractivity contribution >= 4 is 17.3 Å². The molecule has 168 valence electrons. The third kappa shape index (κ3) is 4.72. The molecule has 0 radical (unpaired) electrons. The van der Waals surface area contributed by atoms with Gasteiger partial charge in [0.05, 0.1) is 13.3 Å². The zero-order chi connectivity index (χ0) is 23.4. The molecule has 0 aliphatic heterocycles. The quantitative estimate of drug-likeness (QED) is 0.569. The molecule has 2 amide bonds. The van der Waals surface area contributed by atoms with Crippen molar-refractivity contribution in [2.75, 3.05) is 7.11 Å². The van der Waals surface area contributed by atoms with Crippen LogP contribution in [0, 0.1) is 11.3 Å². The Morgan fingerprint density at radius 3 is 2.42 bits per heavy atom. The Balaban J connectivity index is 1.42. The first-order chi connectivity index (χ1) is 16.0. The average Bonchev–Trinajstić information content (AvgIpc) is 3.28. The number of hydrogen-bond donors (Lipinski definition) is 2. The zero-order valence-corrected chi connectivity index (χ0v) is 18.4. The summed E-state index contributed by atoms with van der Waals surface area (Å²) in [6.45, 7) is 3.47. The summed E-state index contributed by atoms with van der Waals surface area (Å²) >= 11 is 0. The maximum Gasteiger partial charge on any atom is 0.251 e. The molecule has 1 aliphatic rings. The van der Waals surface area contributed by atoms with Crippen molar-refractivity contribution in [3.8, 4) is 22.9 Å². The molecule has 4 rings (SSSR count). The van der Waals surface area contributed by atoms with Crippen molar-refractivity contribution < 1.29 is 14.3 Å². The van der Waals surface area contributed by atoms with E-state index in [0.717, 1.165) is 36.8 Å². The predicted molar refractivity (Wildman–Crippen MR) is 124 cm³/mol. The molecular formula is C25H25N5O3. The number of nitriles is 1. The van der Waals surface area contributed by atoms with E-state index in [1.807, 2.05) is 24.4 Å². The van der Waals surface area contributed by atoms with Gasteiger partial charge in [-0.1, -0.05) is 18.7 Å². The third-order valence-electron chi connectivity index (χ3n) is 5.99. The zero-order valence-electron chi connectivity index (χ0n) is 18.4. The van der Waals surface area contributed by atoms with Crippen molar-refractivity contribution in [1.82, 2.24) is 20.2 Å². The number of rotatable bonds is 6. The highest BCUT2D eigenvalue weighted by atomic mass is 16.5. The second kappa shape index (κ2) is 9.57. The van der Waals surface area contributed by atoms with E-state index in [2.05, 4.69) is 28.4 Å². The molecule has 0 spiro atoms. The molecule has 1 fully saturated rings. The Labute approximate surface area is 191 Å². The van der Waals surface area contributed by atoms with E-state index in [9.17, 15) is 14.9 Å². The summed E-state index contributed by atoms with van der Waals surface area (Å²) in [4.78, 5) is 24.2. The lowest BCUT2D eigenvalue weighted by atomic mass is 9.91. The summed E-state index contributed by atoms with van der Waals surface area (Å²) in [5, 5.41) is 19.5. The van der Waals surface area contributed by atoms with Gasteiger partial charge in [0.25, 0.3) is 5.91 Å². The minimum atomic E-state index is -0.155. The molecule has 0 bridgehead atoms. The van der Waals surface area contributed by atoms with E-state index in [1.165, 1.54) is 12.3 Å². The SMILES string of the molecule is C=CC(=O)NC1CCC(NC(=O)c2ccc(-c3cc(OC)c4c(C#N)cnn4c3)cc2)CC1. The molecule has 1 aromatic carbocycles. The summed E-state index contributed by atoms with van der Waals surface area (Å²) in [6.07, 6.45) is 7.92. The van der Waals surface area contributed by atoms with E-state index in [4.69, 9.17) is 4.74 Å². The van der Waals surface area contributed by atoms with Gasteiger partial charge < -0.3 is 15.4 Å². The number of ether oxygens (including phenoxy) is 1. The van der Waals surface area contributed by atoms with Gasteiger partial charge in [-0.3, -0.25) is 9.59 Å². The van der Waals surface area contributed by atoms with Crippen molar-refractivity contribution in [1.29, 1.82) is 5.26 Å². The number of carbonyl (C=O) groups excluding carboxylic acids is 2. The van der Waals surface area contributed by atoms with Gasteiger partial charge in [0.15, 0.2) is 0 Å². The summed E-state index contributed by atoms with van der Waals surface area (Å²) < 4.78 is 7.09. The normalized spacial score (nSPS) is 17.7. The molecular weight excluding hydrogens is 418 g/mol. The third-order valence-corrected chi connectivity index (χ3v) is 5.99. The minimum absolute atomic E-state index is 0.0925. The number of pyridine rings is 1. The number of hydrogen-bond acceptors (Lipinski definition) is 5. The van der Waals surface area contributed by atoms with Crippen LogP contribution in [0.25, 0.3) is 16.6 Å². The van der Waals surface area contributed by atoms with Gasteiger partial charge >= 0.3 is 0 Å². The first kappa shape index (κ1) is 22.1. The molecule has 33 heavy (non-hydrogen) atoms. The Hall–Kier alpha value is -4.12. The summed E-state index contributed by atoms with van der Waals surface area (Å²) in [6, 6.07) is 11.6. The highest BCUT2D eigenvalue weighted by Crippen LogP contribution is 2.30. The van der Waals surface area contributed by atoms with Gasteiger partial charge in [-0.05, 0) is 55.5 Å². The van der Waals surface area contributed by atoms with Gasteiger partial charge in [-0.2, -0.15) is 10.4 Å². The van der Waals surface area contributed by atoms with Crippen LogP contribution in [-0.2, 0) is 4.79 Å². The number of carbonyl (C=O) groups is 2. The Morgan fingerprint density at radius 2 is 1.82 bits per heavy atom. The van der Waals surface area contributed by atoms with E-state index >= 15 is 0 Å². The van der Waals surface area contributed by atoms with E-state index in [0.29, 0.717) is 22.4 Å². The van der Waals surface area contributed by atoms with Gasteiger partial charge in [-0.15, -0.1) is 0 Å². The lowest BCUT2D eigenvalue weighted by Crippen LogP contribution is -2.43. The summed E-state index contributed by atoms with van der Waals surface area (Å²) in [5.41, 5.74) is 3.42. The number of nitrogens with zero attached hydrogens (tertiary/aromatic N) is 3. The number of aromatic nitrogens is 2. The summed E-state index contributed by atoms with van der Waals surface area (Å²) in [5.74, 6) is 0.291. The van der Waals surface area contributed by atoms with Crippen molar-refractivity contribution in [3.05, 3.63) is 66.5 Å². The lowest BCUT2D eigenvalue weighted by molar-refractivity contribution is -0.117. The lowest BCUT2D eigenvalue weighted by Gasteiger charge is -2.29. The number of amides is 2. The maximum absolute atomic E-state index is 12.7. The van der Waals surface area contributed by atoms with Gasteiger partial charge in [0.1, 0.15) is 22.9 Å². The molecule has 8 nitrogen and oxygen atoms in total. The number of benzene rings is 1. The number of methoxy groups -OCH3 is 1. The molecule has 3 aromatic rings. The highest BCUT2D eigenvalue weighted by molar-refractivity contribution is 5.95. The first-order valence-electron chi connectivity index (χ1n) is 10.8. The molecule has 0 unspecified atom stereocenters. The molecule has 2 aromatic heterocycles. The Morgan fingerprint density at radius 1 is 1.15 bits per heavy atom. The van der Waals surface area contributed by atoms with E-state index in [1.54, 1.807) is 23.8 Å². The predicted octanol–water partition coefficient (Wildman–Crippen LogP) is 3.22. The minimum Gasteiger partial charge on any atom is -0.494 e. The second-order valence-electron chi connectivity index (χ2n) is 8.07. The fourth-order valence-electron chi connectivity index (χ4n) is 4.20. The standard InChI is InChI=1S/C25H25N5O3/c1-3-23(31)28-20-8-10-21(11-9-20)29-25(32)17-6-4-16(5-7-17)18-12-22(33-2)24-19(13-26)14-27-30(24)15-18/h3-7,12,14-15,20-21H,1,8-11H2,2H3,(H,28,31)(H,29,32). The van der Waals surface area contributed by atoms with Crippen molar-refractivity contribution in [3.63, 3.8) is 0 Å². The number of fused-ring (bicyclic) bond motifs is 1. The number of nitrogens with one attached hydrogen (secondary N) is 2. The smallest absolute Gasteiger partial charge is 0.251 e. The molecule has 1 saturated carbocycles. The van der Waals surface area contributed by atoms with Gasteiger partial charge in [0, 0.05) is 29.4 Å². The molecule has 8 heteroatoms. The highest BCUT2D eigenvalue weighted by Gasteiger charge is 2.23. The fraction of sp³-hybridized carbons (Fsp3) is 0.280. The molecule has 0 atom stereocenters. The van der Waals surface area contributed by atoms with Crippen LogP contribution >= 0.6 is 0 Å². The van der Waals surface area contributed by atoms with Gasteiger partial charge in [-0.25, -0.2) is 4.52 Å². The van der Waals surface area contributed by atoms with Gasteiger partial charge in [0.2, 0.25) is 5.91 Å². The molecule has 2 heterocycles. The van der Waals surface area contributed by atoms with E-state index < -0.39 is 0 Å². The fourth-order valence-corrected chi connectivity index (χ4v) is 4.20.